The Balaban J connectivity index is 1.13. The SMILES string of the molecule is O=C(CSc1nnc2n1CCN2c1ccc(F)cc1)N1CCC(Cc2ccccc2)CC1. The van der Waals surface area contributed by atoms with E-state index in [1.807, 2.05) is 20.4 Å². The van der Waals surface area contributed by atoms with Gasteiger partial charge in [-0.2, -0.15) is 0 Å². The molecule has 0 bridgehead atoms. The molecule has 2 aliphatic rings. The van der Waals surface area contributed by atoms with E-state index in [1.165, 1.54) is 29.5 Å². The fourth-order valence-corrected chi connectivity index (χ4v) is 5.36. The van der Waals surface area contributed by atoms with Crippen LogP contribution in [-0.2, 0) is 17.8 Å². The summed E-state index contributed by atoms with van der Waals surface area (Å²) in [6, 6.07) is 17.0. The van der Waals surface area contributed by atoms with Crippen LogP contribution in [0.2, 0.25) is 0 Å². The lowest BCUT2D eigenvalue weighted by atomic mass is 9.90. The molecule has 0 N–H and O–H groups in total. The molecule has 2 aliphatic heterocycles. The highest BCUT2D eigenvalue weighted by atomic mass is 32.2. The van der Waals surface area contributed by atoms with Crippen molar-refractivity contribution in [1.82, 2.24) is 19.7 Å². The van der Waals surface area contributed by atoms with E-state index in [4.69, 9.17) is 0 Å². The zero-order chi connectivity index (χ0) is 21.9. The third-order valence-corrected chi connectivity index (χ3v) is 7.23. The Morgan fingerprint density at radius 2 is 1.72 bits per heavy atom. The van der Waals surface area contributed by atoms with Crippen LogP contribution >= 0.6 is 11.8 Å². The second-order valence-electron chi connectivity index (χ2n) is 8.36. The summed E-state index contributed by atoms with van der Waals surface area (Å²) in [5.41, 5.74) is 2.27. The highest BCUT2D eigenvalue weighted by molar-refractivity contribution is 7.99. The molecule has 0 atom stereocenters. The van der Waals surface area contributed by atoms with E-state index < -0.39 is 0 Å². The normalized spacial score (nSPS) is 16.4. The average molecular weight is 452 g/mol. The first-order chi connectivity index (χ1) is 15.7. The lowest BCUT2D eigenvalue weighted by Gasteiger charge is -2.32. The minimum Gasteiger partial charge on any atom is -0.342 e. The van der Waals surface area contributed by atoms with Crippen LogP contribution in [0.25, 0.3) is 0 Å². The zero-order valence-electron chi connectivity index (χ0n) is 17.9. The number of nitrogens with zero attached hydrogens (tertiary/aromatic N) is 5. The van der Waals surface area contributed by atoms with Gasteiger partial charge in [0, 0.05) is 31.9 Å². The van der Waals surface area contributed by atoms with E-state index >= 15 is 0 Å². The van der Waals surface area contributed by atoms with Crippen molar-refractivity contribution in [2.24, 2.45) is 5.92 Å². The molecule has 0 saturated carbocycles. The van der Waals surface area contributed by atoms with Crippen LogP contribution in [0.1, 0.15) is 18.4 Å². The fourth-order valence-electron chi connectivity index (χ4n) is 4.50. The van der Waals surface area contributed by atoms with E-state index in [1.54, 1.807) is 12.1 Å². The number of carbonyl (C=O) groups excluding carboxylic acids is 1. The van der Waals surface area contributed by atoms with Gasteiger partial charge in [0.1, 0.15) is 5.82 Å². The summed E-state index contributed by atoms with van der Waals surface area (Å²) in [6.07, 6.45) is 3.20. The molecule has 2 aromatic carbocycles. The molecule has 32 heavy (non-hydrogen) atoms. The second kappa shape index (κ2) is 9.32. The first-order valence-electron chi connectivity index (χ1n) is 11.1. The summed E-state index contributed by atoms with van der Waals surface area (Å²) >= 11 is 1.45. The maximum absolute atomic E-state index is 13.2. The Morgan fingerprint density at radius 3 is 2.47 bits per heavy atom. The number of likely N-dealkylation sites (tertiary alicyclic amines) is 1. The number of halogens is 1. The van der Waals surface area contributed by atoms with Gasteiger partial charge in [-0.25, -0.2) is 4.39 Å². The van der Waals surface area contributed by atoms with Gasteiger partial charge in [-0.3, -0.25) is 9.36 Å². The number of benzene rings is 2. The highest BCUT2D eigenvalue weighted by Crippen LogP contribution is 2.32. The van der Waals surface area contributed by atoms with Crippen molar-refractivity contribution in [3.63, 3.8) is 0 Å². The zero-order valence-corrected chi connectivity index (χ0v) is 18.7. The van der Waals surface area contributed by atoms with E-state index in [0.717, 1.165) is 62.2 Å². The number of hydrogen-bond acceptors (Lipinski definition) is 5. The van der Waals surface area contributed by atoms with Crippen molar-refractivity contribution in [2.45, 2.75) is 31.0 Å². The van der Waals surface area contributed by atoms with Gasteiger partial charge in [0.25, 0.3) is 0 Å². The van der Waals surface area contributed by atoms with Crippen molar-refractivity contribution in [1.29, 1.82) is 0 Å². The molecule has 1 amide bonds. The Labute approximate surface area is 191 Å². The van der Waals surface area contributed by atoms with Crippen molar-refractivity contribution >= 4 is 29.3 Å². The monoisotopic (exact) mass is 451 g/mol. The third-order valence-electron chi connectivity index (χ3n) is 6.28. The van der Waals surface area contributed by atoms with Crippen LogP contribution in [0.5, 0.6) is 0 Å². The van der Waals surface area contributed by atoms with Gasteiger partial charge in [-0.05, 0) is 55.0 Å². The molecule has 0 aliphatic carbocycles. The van der Waals surface area contributed by atoms with Crippen LogP contribution in [0.3, 0.4) is 0 Å². The molecule has 1 saturated heterocycles. The molecule has 0 unspecified atom stereocenters. The van der Waals surface area contributed by atoms with Crippen molar-refractivity contribution < 1.29 is 9.18 Å². The maximum atomic E-state index is 13.2. The van der Waals surface area contributed by atoms with Crippen LogP contribution in [-0.4, -0.2) is 51.0 Å². The number of carbonyl (C=O) groups is 1. The minimum absolute atomic E-state index is 0.166. The Morgan fingerprint density at radius 1 is 0.969 bits per heavy atom. The lowest BCUT2D eigenvalue weighted by molar-refractivity contribution is -0.129. The Hall–Kier alpha value is -2.87. The molecule has 8 heteroatoms. The van der Waals surface area contributed by atoms with Gasteiger partial charge in [0.15, 0.2) is 5.16 Å². The molecule has 1 fully saturated rings. The van der Waals surface area contributed by atoms with Crippen molar-refractivity contribution in [3.8, 4) is 0 Å². The molecule has 3 heterocycles. The van der Waals surface area contributed by atoms with Gasteiger partial charge in [0.05, 0.1) is 5.75 Å². The summed E-state index contributed by atoms with van der Waals surface area (Å²) in [6.45, 7) is 3.16. The first-order valence-corrected chi connectivity index (χ1v) is 12.1. The number of fused-ring (bicyclic) bond motifs is 1. The van der Waals surface area contributed by atoms with Crippen LogP contribution in [0.4, 0.5) is 16.0 Å². The molecule has 0 spiro atoms. The number of thioether (sulfide) groups is 1. The topological polar surface area (TPSA) is 54.3 Å². The summed E-state index contributed by atoms with van der Waals surface area (Å²) in [5, 5.41) is 9.37. The van der Waals surface area contributed by atoms with Crippen LogP contribution in [0, 0.1) is 11.7 Å². The summed E-state index contributed by atoms with van der Waals surface area (Å²) in [4.78, 5) is 16.8. The summed E-state index contributed by atoms with van der Waals surface area (Å²) < 4.78 is 15.3. The number of hydrogen-bond donors (Lipinski definition) is 0. The molecule has 166 valence electrons. The number of anilines is 2. The smallest absolute Gasteiger partial charge is 0.233 e. The predicted octanol–water partition coefficient (Wildman–Crippen LogP) is 4.14. The standard InChI is InChI=1S/C24H26FN5OS/c25-20-6-8-21(9-7-20)29-14-15-30-23(29)26-27-24(30)32-17-22(31)28-12-10-19(11-13-28)16-18-4-2-1-3-5-18/h1-9,19H,10-17H2. The van der Waals surface area contributed by atoms with Crippen molar-refractivity contribution in [3.05, 3.63) is 66.0 Å². The van der Waals surface area contributed by atoms with E-state index in [2.05, 4.69) is 34.5 Å². The fraction of sp³-hybridized carbons (Fsp3) is 0.375. The quantitative estimate of drug-likeness (QED) is 0.527. The van der Waals surface area contributed by atoms with Gasteiger partial charge in [-0.1, -0.05) is 42.1 Å². The van der Waals surface area contributed by atoms with E-state index in [0.29, 0.717) is 11.7 Å². The molecular weight excluding hydrogens is 425 g/mol. The van der Waals surface area contributed by atoms with Crippen molar-refractivity contribution in [2.75, 3.05) is 30.3 Å². The number of aromatic nitrogens is 3. The second-order valence-corrected chi connectivity index (χ2v) is 9.31. The third kappa shape index (κ3) is 4.50. The Bertz CT molecular complexity index is 1060. The summed E-state index contributed by atoms with van der Waals surface area (Å²) in [5.74, 6) is 1.67. The van der Waals surface area contributed by atoms with Crippen LogP contribution < -0.4 is 4.90 Å². The molecule has 0 radical (unpaired) electrons. The van der Waals surface area contributed by atoms with E-state index in [9.17, 15) is 9.18 Å². The lowest BCUT2D eigenvalue weighted by Crippen LogP contribution is -2.39. The van der Waals surface area contributed by atoms with Gasteiger partial charge >= 0.3 is 0 Å². The largest absolute Gasteiger partial charge is 0.342 e. The average Bonchev–Trinajstić information content (AvgIpc) is 3.42. The minimum atomic E-state index is -0.256. The predicted molar refractivity (Wildman–Crippen MR) is 124 cm³/mol. The molecule has 1 aromatic heterocycles. The number of amides is 1. The van der Waals surface area contributed by atoms with Gasteiger partial charge in [-0.15, -0.1) is 10.2 Å². The van der Waals surface area contributed by atoms with Gasteiger partial charge < -0.3 is 9.80 Å². The highest BCUT2D eigenvalue weighted by Gasteiger charge is 2.28. The molecular formula is C24H26FN5OS. The maximum Gasteiger partial charge on any atom is 0.233 e. The Kier molecular flexibility index (Phi) is 6.12. The number of piperidine rings is 1. The van der Waals surface area contributed by atoms with Crippen LogP contribution in [0.15, 0.2) is 59.8 Å². The summed E-state index contributed by atoms with van der Waals surface area (Å²) in [7, 11) is 0. The first kappa shape index (κ1) is 21.0. The van der Waals surface area contributed by atoms with E-state index in [-0.39, 0.29) is 11.7 Å². The molecule has 3 aromatic rings. The molecule has 6 nitrogen and oxygen atoms in total. The number of rotatable bonds is 6. The van der Waals surface area contributed by atoms with Gasteiger partial charge in [0.2, 0.25) is 11.9 Å². The molecule has 5 rings (SSSR count).